The van der Waals surface area contributed by atoms with Crippen molar-refractivity contribution in [2.24, 2.45) is 0 Å². The number of benzene rings is 1. The topological polar surface area (TPSA) is 29.1 Å². The van der Waals surface area contributed by atoms with E-state index in [1.807, 2.05) is 32.0 Å². The highest BCUT2D eigenvalue weighted by molar-refractivity contribution is 5.91. The van der Waals surface area contributed by atoms with Gasteiger partial charge in [0.25, 0.3) is 0 Å². The maximum Gasteiger partial charge on any atom is 0.225 e. The fourth-order valence-corrected chi connectivity index (χ4v) is 1.28. The molecule has 0 radical (unpaired) electrons. The predicted octanol–water partition coefficient (Wildman–Crippen LogP) is 2.66. The SMILES string of the molecule is C#CCCC(=O)Nc1cccc(C)c1C. The molecular weight excluding hydrogens is 186 g/mol. The summed E-state index contributed by atoms with van der Waals surface area (Å²) in [5.74, 6) is 2.42. The summed E-state index contributed by atoms with van der Waals surface area (Å²) < 4.78 is 0. The van der Waals surface area contributed by atoms with Crippen LogP contribution in [0.2, 0.25) is 0 Å². The molecule has 0 aliphatic rings. The van der Waals surface area contributed by atoms with Gasteiger partial charge in [0.05, 0.1) is 0 Å². The van der Waals surface area contributed by atoms with Crippen LogP contribution in [0.3, 0.4) is 0 Å². The molecule has 0 saturated carbocycles. The number of carbonyl (C=O) groups excluding carboxylic acids is 1. The number of carbonyl (C=O) groups is 1. The van der Waals surface area contributed by atoms with Crippen LogP contribution in [0.15, 0.2) is 18.2 Å². The highest BCUT2D eigenvalue weighted by Gasteiger charge is 2.04. The number of amides is 1. The van der Waals surface area contributed by atoms with Gasteiger partial charge in [0.15, 0.2) is 0 Å². The highest BCUT2D eigenvalue weighted by Crippen LogP contribution is 2.18. The molecule has 0 unspecified atom stereocenters. The number of hydrogen-bond acceptors (Lipinski definition) is 1. The molecule has 1 N–H and O–H groups in total. The zero-order valence-corrected chi connectivity index (χ0v) is 9.13. The lowest BCUT2D eigenvalue weighted by Gasteiger charge is -2.09. The monoisotopic (exact) mass is 201 g/mol. The van der Waals surface area contributed by atoms with Crippen LogP contribution < -0.4 is 5.32 Å². The number of terminal acetylenes is 1. The second kappa shape index (κ2) is 5.21. The quantitative estimate of drug-likeness (QED) is 0.748. The normalized spacial score (nSPS) is 9.40. The van der Waals surface area contributed by atoms with E-state index >= 15 is 0 Å². The summed E-state index contributed by atoms with van der Waals surface area (Å²) in [6, 6.07) is 5.85. The van der Waals surface area contributed by atoms with E-state index in [1.165, 1.54) is 5.56 Å². The first-order valence-corrected chi connectivity index (χ1v) is 4.94. The van der Waals surface area contributed by atoms with E-state index in [2.05, 4.69) is 11.2 Å². The van der Waals surface area contributed by atoms with Gasteiger partial charge in [-0.3, -0.25) is 4.79 Å². The third-order valence-corrected chi connectivity index (χ3v) is 2.38. The van der Waals surface area contributed by atoms with Crippen molar-refractivity contribution < 1.29 is 4.79 Å². The number of nitrogens with one attached hydrogen (secondary N) is 1. The van der Waals surface area contributed by atoms with E-state index in [4.69, 9.17) is 6.42 Å². The Labute approximate surface area is 90.7 Å². The second-order valence-corrected chi connectivity index (χ2v) is 3.50. The Balaban J connectivity index is 2.69. The van der Waals surface area contributed by atoms with Crippen molar-refractivity contribution in [1.82, 2.24) is 0 Å². The Bertz CT molecular complexity index is 401. The van der Waals surface area contributed by atoms with Crippen LogP contribution in [0, 0.1) is 26.2 Å². The standard InChI is InChI=1S/C13H15NO/c1-4-5-9-13(15)14-12-8-6-7-10(2)11(12)3/h1,6-8H,5,9H2,2-3H3,(H,14,15). The Morgan fingerprint density at radius 3 is 2.87 bits per heavy atom. The minimum Gasteiger partial charge on any atom is -0.326 e. The molecule has 0 aliphatic heterocycles. The Hall–Kier alpha value is -1.75. The highest BCUT2D eigenvalue weighted by atomic mass is 16.1. The van der Waals surface area contributed by atoms with Crippen molar-refractivity contribution in [3.8, 4) is 12.3 Å². The molecule has 1 rings (SSSR count). The van der Waals surface area contributed by atoms with Gasteiger partial charge in [-0.1, -0.05) is 12.1 Å². The molecular formula is C13H15NO. The summed E-state index contributed by atoms with van der Waals surface area (Å²) in [7, 11) is 0. The molecule has 0 fully saturated rings. The molecule has 0 aliphatic carbocycles. The molecule has 1 aromatic carbocycles. The van der Waals surface area contributed by atoms with Gasteiger partial charge in [0, 0.05) is 18.5 Å². The van der Waals surface area contributed by atoms with Gasteiger partial charge < -0.3 is 5.32 Å². The summed E-state index contributed by atoms with van der Waals surface area (Å²) in [5.41, 5.74) is 3.15. The predicted molar refractivity (Wildman–Crippen MR) is 62.6 cm³/mol. The minimum atomic E-state index is -0.0262. The summed E-state index contributed by atoms with van der Waals surface area (Å²) in [6.07, 6.45) is 5.96. The van der Waals surface area contributed by atoms with E-state index in [0.29, 0.717) is 12.8 Å². The van der Waals surface area contributed by atoms with E-state index in [1.54, 1.807) is 0 Å². The van der Waals surface area contributed by atoms with Crippen LogP contribution in [-0.2, 0) is 4.79 Å². The van der Waals surface area contributed by atoms with Crippen molar-refractivity contribution in [3.63, 3.8) is 0 Å². The number of anilines is 1. The number of rotatable bonds is 3. The largest absolute Gasteiger partial charge is 0.326 e. The summed E-state index contributed by atoms with van der Waals surface area (Å²) in [5, 5.41) is 2.85. The van der Waals surface area contributed by atoms with Crippen LogP contribution in [-0.4, -0.2) is 5.91 Å². The van der Waals surface area contributed by atoms with Gasteiger partial charge >= 0.3 is 0 Å². The minimum absolute atomic E-state index is 0.0262. The molecule has 0 heterocycles. The van der Waals surface area contributed by atoms with Gasteiger partial charge in [-0.2, -0.15) is 0 Å². The summed E-state index contributed by atoms with van der Waals surface area (Å²) in [4.78, 5) is 11.4. The zero-order chi connectivity index (χ0) is 11.3. The van der Waals surface area contributed by atoms with Crippen molar-refractivity contribution in [1.29, 1.82) is 0 Å². The zero-order valence-electron chi connectivity index (χ0n) is 9.13. The van der Waals surface area contributed by atoms with Crippen molar-refractivity contribution in [2.75, 3.05) is 5.32 Å². The lowest BCUT2D eigenvalue weighted by atomic mass is 10.1. The Morgan fingerprint density at radius 1 is 1.47 bits per heavy atom. The Morgan fingerprint density at radius 2 is 2.20 bits per heavy atom. The first-order valence-electron chi connectivity index (χ1n) is 4.94. The molecule has 2 heteroatoms. The summed E-state index contributed by atoms with van der Waals surface area (Å²) in [6.45, 7) is 4.01. The molecule has 2 nitrogen and oxygen atoms in total. The van der Waals surface area contributed by atoms with E-state index in [-0.39, 0.29) is 5.91 Å². The smallest absolute Gasteiger partial charge is 0.225 e. The van der Waals surface area contributed by atoms with Crippen LogP contribution in [0.5, 0.6) is 0 Å². The van der Waals surface area contributed by atoms with Gasteiger partial charge in [-0.05, 0) is 31.0 Å². The van der Waals surface area contributed by atoms with E-state index in [9.17, 15) is 4.79 Å². The van der Waals surface area contributed by atoms with Gasteiger partial charge in [0.1, 0.15) is 0 Å². The van der Waals surface area contributed by atoms with Crippen LogP contribution in [0.25, 0.3) is 0 Å². The van der Waals surface area contributed by atoms with Crippen molar-refractivity contribution >= 4 is 11.6 Å². The molecule has 1 aromatic rings. The maximum absolute atomic E-state index is 11.4. The fraction of sp³-hybridized carbons (Fsp3) is 0.308. The molecule has 0 aromatic heterocycles. The van der Waals surface area contributed by atoms with Crippen molar-refractivity contribution in [2.45, 2.75) is 26.7 Å². The first kappa shape index (κ1) is 11.3. The van der Waals surface area contributed by atoms with Crippen LogP contribution in [0.1, 0.15) is 24.0 Å². The maximum atomic E-state index is 11.4. The molecule has 0 atom stereocenters. The molecule has 0 bridgehead atoms. The first-order chi connectivity index (χ1) is 7.15. The molecule has 1 amide bonds. The van der Waals surface area contributed by atoms with Crippen LogP contribution >= 0.6 is 0 Å². The Kier molecular flexibility index (Phi) is 3.93. The van der Waals surface area contributed by atoms with Crippen molar-refractivity contribution in [3.05, 3.63) is 29.3 Å². The molecule has 0 spiro atoms. The summed E-state index contributed by atoms with van der Waals surface area (Å²) >= 11 is 0. The number of aryl methyl sites for hydroxylation is 1. The molecule has 78 valence electrons. The second-order valence-electron chi connectivity index (χ2n) is 3.50. The van der Waals surface area contributed by atoms with Gasteiger partial charge in [0.2, 0.25) is 5.91 Å². The van der Waals surface area contributed by atoms with Crippen LogP contribution in [0.4, 0.5) is 5.69 Å². The lowest BCUT2D eigenvalue weighted by molar-refractivity contribution is -0.116. The average Bonchev–Trinajstić information content (AvgIpc) is 2.22. The van der Waals surface area contributed by atoms with Gasteiger partial charge in [-0.25, -0.2) is 0 Å². The van der Waals surface area contributed by atoms with E-state index < -0.39 is 0 Å². The average molecular weight is 201 g/mol. The third kappa shape index (κ3) is 3.14. The lowest BCUT2D eigenvalue weighted by Crippen LogP contribution is -2.12. The van der Waals surface area contributed by atoms with E-state index in [0.717, 1.165) is 11.3 Å². The molecule has 0 saturated heterocycles. The van der Waals surface area contributed by atoms with Gasteiger partial charge in [-0.15, -0.1) is 12.3 Å². The fourth-order valence-electron chi connectivity index (χ4n) is 1.28. The number of hydrogen-bond donors (Lipinski definition) is 1. The third-order valence-electron chi connectivity index (χ3n) is 2.38. The molecule has 15 heavy (non-hydrogen) atoms.